The molecule has 0 bridgehead atoms. The van der Waals surface area contributed by atoms with E-state index in [4.69, 9.17) is 5.11 Å². The van der Waals surface area contributed by atoms with Crippen molar-refractivity contribution in [3.05, 3.63) is 64.8 Å². The molecule has 1 N–H and O–H groups in total. The molecule has 0 amide bonds. The molecule has 132 valence electrons. The van der Waals surface area contributed by atoms with Gasteiger partial charge in [0.05, 0.1) is 17.9 Å². The van der Waals surface area contributed by atoms with E-state index in [1.807, 2.05) is 24.3 Å². The highest BCUT2D eigenvalue weighted by atomic mass is 16.6. The molecule has 0 atom stereocenters. The predicted octanol–water partition coefficient (Wildman–Crippen LogP) is 3.65. The molecule has 0 saturated carbocycles. The Hall–Kier alpha value is -3.48. The average Bonchev–Trinajstić information content (AvgIpc) is 3.02. The number of benzene rings is 2. The molecule has 0 spiro atoms. The summed E-state index contributed by atoms with van der Waals surface area (Å²) in [6.45, 7) is 0.0924. The van der Waals surface area contributed by atoms with Crippen LogP contribution in [0.3, 0.4) is 0 Å². The first-order valence-electron chi connectivity index (χ1n) is 8.01. The van der Waals surface area contributed by atoms with Crippen molar-refractivity contribution >= 4 is 28.3 Å². The normalized spacial score (nSPS) is 10.8. The average molecular weight is 352 g/mol. The molecule has 2 aromatic carbocycles. The molecule has 1 heterocycles. The van der Waals surface area contributed by atoms with Gasteiger partial charge in [0.1, 0.15) is 0 Å². The Morgan fingerprint density at radius 2 is 1.81 bits per heavy atom. The lowest BCUT2D eigenvalue weighted by molar-refractivity contribution is -0.384. The number of fused-ring (bicyclic) bond motifs is 1. The SMILES string of the molecule is O=C(O)CCC(=O)Cn1ccc2ccc(-c3cccc([N+](=O)[O-])c3)cc21. The predicted molar refractivity (Wildman–Crippen MR) is 95.9 cm³/mol. The van der Waals surface area contributed by atoms with Gasteiger partial charge in [0.2, 0.25) is 0 Å². The molecule has 7 heteroatoms. The number of nitro groups is 1. The monoisotopic (exact) mass is 352 g/mol. The smallest absolute Gasteiger partial charge is 0.303 e. The van der Waals surface area contributed by atoms with E-state index in [-0.39, 0.29) is 30.9 Å². The molecule has 0 aliphatic carbocycles. The van der Waals surface area contributed by atoms with E-state index in [0.29, 0.717) is 5.56 Å². The summed E-state index contributed by atoms with van der Waals surface area (Å²) in [4.78, 5) is 33.1. The largest absolute Gasteiger partial charge is 0.481 e. The fourth-order valence-electron chi connectivity index (χ4n) is 2.82. The second-order valence-electron chi connectivity index (χ2n) is 5.96. The number of hydrogen-bond donors (Lipinski definition) is 1. The number of nitrogens with zero attached hydrogens (tertiary/aromatic N) is 2. The maximum absolute atomic E-state index is 12.0. The van der Waals surface area contributed by atoms with Gasteiger partial charge in [-0.15, -0.1) is 0 Å². The first kappa shape index (κ1) is 17.3. The first-order valence-corrected chi connectivity index (χ1v) is 8.01. The Labute approximate surface area is 148 Å². The summed E-state index contributed by atoms with van der Waals surface area (Å²) >= 11 is 0. The van der Waals surface area contributed by atoms with Crippen molar-refractivity contribution < 1.29 is 19.6 Å². The van der Waals surface area contributed by atoms with Gasteiger partial charge in [-0.2, -0.15) is 0 Å². The standard InChI is InChI=1S/C19H16N2O5/c22-17(6-7-19(23)24)12-20-9-8-13-4-5-15(11-18(13)20)14-2-1-3-16(10-14)21(25)26/h1-5,8-11H,6-7,12H2,(H,23,24). The van der Waals surface area contributed by atoms with Crippen LogP contribution in [-0.4, -0.2) is 26.3 Å². The summed E-state index contributed by atoms with van der Waals surface area (Å²) in [5, 5.41) is 20.6. The number of aromatic nitrogens is 1. The van der Waals surface area contributed by atoms with Crippen molar-refractivity contribution in [2.24, 2.45) is 0 Å². The van der Waals surface area contributed by atoms with Gasteiger partial charge >= 0.3 is 5.97 Å². The van der Waals surface area contributed by atoms with Crippen LogP contribution < -0.4 is 0 Å². The van der Waals surface area contributed by atoms with E-state index >= 15 is 0 Å². The third kappa shape index (κ3) is 3.77. The summed E-state index contributed by atoms with van der Waals surface area (Å²) in [6, 6.07) is 13.9. The Morgan fingerprint density at radius 1 is 1.04 bits per heavy atom. The quantitative estimate of drug-likeness (QED) is 0.516. The maximum atomic E-state index is 12.0. The van der Waals surface area contributed by atoms with Crippen molar-refractivity contribution in [3.8, 4) is 11.1 Å². The number of carboxylic acid groups (broad SMARTS) is 1. The molecule has 3 aromatic rings. The molecule has 0 radical (unpaired) electrons. The lowest BCUT2D eigenvalue weighted by atomic mass is 10.0. The van der Waals surface area contributed by atoms with Crippen LogP contribution in [0.2, 0.25) is 0 Å². The van der Waals surface area contributed by atoms with Gasteiger partial charge in [0.15, 0.2) is 5.78 Å². The third-order valence-electron chi connectivity index (χ3n) is 4.13. The Bertz CT molecular complexity index is 1010. The molecule has 0 aliphatic heterocycles. The van der Waals surface area contributed by atoms with Crippen molar-refractivity contribution in [2.75, 3.05) is 0 Å². The van der Waals surface area contributed by atoms with Gasteiger partial charge in [-0.3, -0.25) is 19.7 Å². The lowest BCUT2D eigenvalue weighted by Gasteiger charge is -2.07. The number of rotatable bonds is 7. The molecule has 0 aliphatic rings. The van der Waals surface area contributed by atoms with E-state index in [2.05, 4.69) is 0 Å². The van der Waals surface area contributed by atoms with E-state index in [9.17, 15) is 19.7 Å². The van der Waals surface area contributed by atoms with E-state index in [0.717, 1.165) is 16.5 Å². The summed E-state index contributed by atoms with van der Waals surface area (Å²) in [7, 11) is 0. The van der Waals surface area contributed by atoms with Gasteiger partial charge in [0.25, 0.3) is 5.69 Å². The van der Waals surface area contributed by atoms with Gasteiger partial charge in [-0.25, -0.2) is 0 Å². The molecule has 0 unspecified atom stereocenters. The van der Waals surface area contributed by atoms with Crippen molar-refractivity contribution in [3.63, 3.8) is 0 Å². The zero-order chi connectivity index (χ0) is 18.7. The van der Waals surface area contributed by atoms with E-state index in [1.54, 1.807) is 22.9 Å². The highest BCUT2D eigenvalue weighted by molar-refractivity contribution is 5.88. The number of carbonyl (C=O) groups excluding carboxylic acids is 1. The Kier molecular flexibility index (Phi) is 4.79. The fourth-order valence-corrected chi connectivity index (χ4v) is 2.82. The molecule has 0 saturated heterocycles. The number of aliphatic carboxylic acids is 1. The molecule has 0 fully saturated rings. The summed E-state index contributed by atoms with van der Waals surface area (Å²) in [5.74, 6) is -1.16. The molecule has 7 nitrogen and oxygen atoms in total. The molecule has 1 aromatic heterocycles. The zero-order valence-electron chi connectivity index (χ0n) is 13.8. The van der Waals surface area contributed by atoms with Crippen molar-refractivity contribution in [1.29, 1.82) is 0 Å². The van der Waals surface area contributed by atoms with Crippen molar-refractivity contribution in [1.82, 2.24) is 4.57 Å². The Balaban J connectivity index is 1.91. The molecular weight excluding hydrogens is 336 g/mol. The number of hydrogen-bond acceptors (Lipinski definition) is 4. The molecular formula is C19H16N2O5. The van der Waals surface area contributed by atoms with Crippen LogP contribution in [0.5, 0.6) is 0 Å². The lowest BCUT2D eigenvalue weighted by Crippen LogP contribution is -2.10. The zero-order valence-corrected chi connectivity index (χ0v) is 13.8. The van der Waals surface area contributed by atoms with Gasteiger partial charge in [0, 0.05) is 30.3 Å². The topological polar surface area (TPSA) is 102 Å². The number of ketones is 1. The fraction of sp³-hybridized carbons (Fsp3) is 0.158. The van der Waals surface area contributed by atoms with Crippen LogP contribution in [0.1, 0.15) is 12.8 Å². The Morgan fingerprint density at radius 3 is 2.54 bits per heavy atom. The third-order valence-corrected chi connectivity index (χ3v) is 4.13. The second kappa shape index (κ2) is 7.18. The van der Waals surface area contributed by atoms with Crippen LogP contribution in [-0.2, 0) is 16.1 Å². The minimum absolute atomic E-state index is 0.0143. The van der Waals surface area contributed by atoms with Gasteiger partial charge in [-0.05, 0) is 28.6 Å². The maximum Gasteiger partial charge on any atom is 0.303 e. The van der Waals surface area contributed by atoms with Crippen LogP contribution in [0.15, 0.2) is 54.7 Å². The minimum atomic E-state index is -0.997. The van der Waals surface area contributed by atoms with E-state index < -0.39 is 10.9 Å². The van der Waals surface area contributed by atoms with Crippen LogP contribution in [0.25, 0.3) is 22.0 Å². The molecule has 3 rings (SSSR count). The van der Waals surface area contributed by atoms with Crippen LogP contribution >= 0.6 is 0 Å². The number of Topliss-reactive ketones (excluding diaryl/α,β-unsaturated/α-hetero) is 1. The number of non-ortho nitro benzene ring substituents is 1. The van der Waals surface area contributed by atoms with E-state index in [1.165, 1.54) is 12.1 Å². The highest BCUT2D eigenvalue weighted by Gasteiger charge is 2.11. The van der Waals surface area contributed by atoms with Gasteiger partial charge in [-0.1, -0.05) is 24.3 Å². The van der Waals surface area contributed by atoms with Crippen molar-refractivity contribution in [2.45, 2.75) is 19.4 Å². The summed E-state index contributed by atoms with van der Waals surface area (Å²) < 4.78 is 1.76. The molecule has 26 heavy (non-hydrogen) atoms. The highest BCUT2D eigenvalue weighted by Crippen LogP contribution is 2.27. The second-order valence-corrected chi connectivity index (χ2v) is 5.96. The summed E-state index contributed by atoms with van der Waals surface area (Å²) in [6.07, 6.45) is 1.58. The van der Waals surface area contributed by atoms with Crippen LogP contribution in [0, 0.1) is 10.1 Å². The number of carboxylic acids is 1. The minimum Gasteiger partial charge on any atom is -0.481 e. The number of carbonyl (C=O) groups is 2. The first-order chi connectivity index (χ1) is 12.4. The summed E-state index contributed by atoms with van der Waals surface area (Å²) in [5.41, 5.74) is 2.35. The number of nitro benzene ring substituents is 1. The van der Waals surface area contributed by atoms with Gasteiger partial charge < -0.3 is 9.67 Å². The van der Waals surface area contributed by atoms with Crippen LogP contribution in [0.4, 0.5) is 5.69 Å².